The molecule has 1 heterocycles. The van der Waals surface area contributed by atoms with Gasteiger partial charge in [0.05, 0.1) is 0 Å². The van der Waals surface area contributed by atoms with E-state index < -0.39 is 0 Å². The third kappa shape index (κ3) is 3.75. The summed E-state index contributed by atoms with van der Waals surface area (Å²) in [5.41, 5.74) is 0. The third-order valence-corrected chi connectivity index (χ3v) is 5.67. The van der Waals surface area contributed by atoms with Crippen LogP contribution in [0.15, 0.2) is 0 Å². The minimum absolute atomic E-state index is 0.775. The van der Waals surface area contributed by atoms with Crippen molar-refractivity contribution in [3.63, 3.8) is 0 Å². The van der Waals surface area contributed by atoms with Crippen LogP contribution in [-0.4, -0.2) is 50.3 Å². The van der Waals surface area contributed by atoms with Crippen LogP contribution in [0.5, 0.6) is 0 Å². The van der Waals surface area contributed by atoms with E-state index in [2.05, 4.69) is 10.2 Å². The molecule has 0 aromatic heterocycles. The zero-order chi connectivity index (χ0) is 13.8. The number of piperazine rings is 1. The van der Waals surface area contributed by atoms with Crippen LogP contribution >= 0.6 is 0 Å². The topological polar surface area (TPSA) is 24.5 Å². The Morgan fingerprint density at radius 2 is 1.85 bits per heavy atom. The Morgan fingerprint density at radius 3 is 2.55 bits per heavy atom. The zero-order valence-corrected chi connectivity index (χ0v) is 13.2. The molecule has 2 unspecified atom stereocenters. The van der Waals surface area contributed by atoms with Crippen molar-refractivity contribution in [2.75, 3.05) is 33.4 Å². The fraction of sp³-hybridized carbons (Fsp3) is 1.00. The van der Waals surface area contributed by atoms with Gasteiger partial charge in [0.1, 0.15) is 0 Å². The Bertz CT molecular complexity index is 287. The summed E-state index contributed by atoms with van der Waals surface area (Å²) in [6.45, 7) is 4.67. The van der Waals surface area contributed by atoms with Gasteiger partial charge in [0.2, 0.25) is 0 Å². The molecule has 3 heteroatoms. The SMILES string of the molecule is COCCCN1CC(C2CC2)NCC1C1CCCCC1. The van der Waals surface area contributed by atoms with Crippen LogP contribution in [0.2, 0.25) is 0 Å². The van der Waals surface area contributed by atoms with Crippen LogP contribution in [0.25, 0.3) is 0 Å². The molecule has 20 heavy (non-hydrogen) atoms. The van der Waals surface area contributed by atoms with E-state index in [0.717, 1.165) is 30.5 Å². The fourth-order valence-corrected chi connectivity index (χ4v) is 4.32. The summed E-state index contributed by atoms with van der Waals surface area (Å²) in [5, 5.41) is 3.88. The highest BCUT2D eigenvalue weighted by atomic mass is 16.5. The molecule has 0 aromatic carbocycles. The summed E-state index contributed by atoms with van der Waals surface area (Å²) in [6, 6.07) is 1.57. The predicted octanol–water partition coefficient (Wildman–Crippen LogP) is 2.66. The van der Waals surface area contributed by atoms with Gasteiger partial charge >= 0.3 is 0 Å². The van der Waals surface area contributed by atoms with E-state index in [1.165, 1.54) is 71.0 Å². The van der Waals surface area contributed by atoms with Gasteiger partial charge in [0.15, 0.2) is 0 Å². The van der Waals surface area contributed by atoms with Crippen molar-refractivity contribution < 1.29 is 4.74 Å². The molecule has 3 rings (SSSR count). The first-order valence-corrected chi connectivity index (χ1v) is 8.85. The molecule has 0 radical (unpaired) electrons. The van der Waals surface area contributed by atoms with Gasteiger partial charge in [-0.1, -0.05) is 19.3 Å². The molecule has 2 saturated carbocycles. The second-order valence-electron chi connectivity index (χ2n) is 7.16. The van der Waals surface area contributed by atoms with Crippen LogP contribution in [0.4, 0.5) is 0 Å². The summed E-state index contributed by atoms with van der Waals surface area (Å²) in [4.78, 5) is 2.81. The molecule has 3 nitrogen and oxygen atoms in total. The van der Waals surface area contributed by atoms with E-state index in [0.29, 0.717) is 0 Å². The Morgan fingerprint density at radius 1 is 1.05 bits per heavy atom. The lowest BCUT2D eigenvalue weighted by Gasteiger charge is -2.45. The summed E-state index contributed by atoms with van der Waals surface area (Å²) < 4.78 is 5.26. The van der Waals surface area contributed by atoms with E-state index in [1.54, 1.807) is 0 Å². The first-order valence-electron chi connectivity index (χ1n) is 8.85. The average molecular weight is 280 g/mol. The van der Waals surface area contributed by atoms with E-state index in [4.69, 9.17) is 4.74 Å². The first-order chi connectivity index (χ1) is 9.88. The molecule has 0 aromatic rings. The van der Waals surface area contributed by atoms with Crippen molar-refractivity contribution in [1.29, 1.82) is 0 Å². The molecule has 3 fully saturated rings. The van der Waals surface area contributed by atoms with Gasteiger partial charge in [-0.3, -0.25) is 4.90 Å². The summed E-state index contributed by atoms with van der Waals surface area (Å²) in [7, 11) is 1.82. The molecule has 2 atom stereocenters. The first kappa shape index (κ1) is 14.8. The zero-order valence-electron chi connectivity index (χ0n) is 13.2. The molecule has 0 amide bonds. The van der Waals surface area contributed by atoms with Crippen molar-refractivity contribution >= 4 is 0 Å². The standard InChI is InChI=1S/C17H32N2O/c1-20-11-5-10-19-13-16(14-8-9-14)18-12-17(19)15-6-3-2-4-7-15/h14-18H,2-13H2,1H3. The molecular formula is C17H32N2O. The number of nitrogens with one attached hydrogen (secondary N) is 1. The van der Waals surface area contributed by atoms with Crippen LogP contribution in [0, 0.1) is 11.8 Å². The number of methoxy groups -OCH3 is 1. The van der Waals surface area contributed by atoms with E-state index >= 15 is 0 Å². The number of nitrogens with zero attached hydrogens (tertiary/aromatic N) is 1. The van der Waals surface area contributed by atoms with Gasteiger partial charge in [-0.05, 0) is 43.9 Å². The maximum absolute atomic E-state index is 5.26. The number of ether oxygens (including phenoxy) is 1. The van der Waals surface area contributed by atoms with Gasteiger partial charge in [-0.2, -0.15) is 0 Å². The molecule has 3 aliphatic rings. The highest BCUT2D eigenvalue weighted by Gasteiger charge is 2.39. The second kappa shape index (κ2) is 7.24. The van der Waals surface area contributed by atoms with Crippen molar-refractivity contribution in [3.8, 4) is 0 Å². The van der Waals surface area contributed by atoms with Gasteiger partial charge in [0.25, 0.3) is 0 Å². The Kier molecular flexibility index (Phi) is 5.36. The van der Waals surface area contributed by atoms with Gasteiger partial charge in [-0.15, -0.1) is 0 Å². The molecule has 1 saturated heterocycles. The maximum Gasteiger partial charge on any atom is 0.0474 e. The van der Waals surface area contributed by atoms with E-state index in [1.807, 2.05) is 7.11 Å². The van der Waals surface area contributed by atoms with Crippen LogP contribution < -0.4 is 5.32 Å². The van der Waals surface area contributed by atoms with Gasteiger partial charge in [-0.25, -0.2) is 0 Å². The third-order valence-electron chi connectivity index (χ3n) is 5.67. The van der Waals surface area contributed by atoms with E-state index in [9.17, 15) is 0 Å². The second-order valence-corrected chi connectivity index (χ2v) is 7.16. The highest BCUT2D eigenvalue weighted by Crippen LogP contribution is 2.36. The predicted molar refractivity (Wildman–Crippen MR) is 82.9 cm³/mol. The van der Waals surface area contributed by atoms with Crippen molar-refractivity contribution in [2.24, 2.45) is 11.8 Å². The largest absolute Gasteiger partial charge is 0.385 e. The highest BCUT2D eigenvalue weighted by molar-refractivity contribution is 4.96. The average Bonchev–Trinajstić information content (AvgIpc) is 3.33. The molecule has 116 valence electrons. The molecule has 2 aliphatic carbocycles. The lowest BCUT2D eigenvalue weighted by atomic mass is 9.82. The minimum atomic E-state index is 0.775. The molecular weight excluding hydrogens is 248 g/mol. The summed E-state index contributed by atoms with van der Waals surface area (Å²) in [6.07, 6.45) is 11.4. The Labute approximate surface area is 124 Å². The van der Waals surface area contributed by atoms with Crippen molar-refractivity contribution in [1.82, 2.24) is 10.2 Å². The number of rotatable bonds is 6. The maximum atomic E-state index is 5.26. The minimum Gasteiger partial charge on any atom is -0.385 e. The molecule has 1 aliphatic heterocycles. The lowest BCUT2D eigenvalue weighted by molar-refractivity contribution is 0.0585. The summed E-state index contributed by atoms with van der Waals surface area (Å²) >= 11 is 0. The van der Waals surface area contributed by atoms with E-state index in [-0.39, 0.29) is 0 Å². The molecule has 0 bridgehead atoms. The van der Waals surface area contributed by atoms with Crippen molar-refractivity contribution in [3.05, 3.63) is 0 Å². The van der Waals surface area contributed by atoms with Crippen LogP contribution in [0.1, 0.15) is 51.4 Å². The van der Waals surface area contributed by atoms with Gasteiger partial charge in [0, 0.05) is 45.4 Å². The molecule has 1 N–H and O–H groups in total. The number of hydrogen-bond donors (Lipinski definition) is 1. The summed E-state index contributed by atoms with van der Waals surface area (Å²) in [5.74, 6) is 1.92. The van der Waals surface area contributed by atoms with Gasteiger partial charge < -0.3 is 10.1 Å². The Hall–Kier alpha value is -0.120. The quantitative estimate of drug-likeness (QED) is 0.757. The van der Waals surface area contributed by atoms with Crippen LogP contribution in [-0.2, 0) is 4.74 Å². The normalized spacial score (nSPS) is 33.5. The van der Waals surface area contributed by atoms with Crippen molar-refractivity contribution in [2.45, 2.75) is 63.5 Å². The number of hydrogen-bond acceptors (Lipinski definition) is 3. The monoisotopic (exact) mass is 280 g/mol. The lowest BCUT2D eigenvalue weighted by Crippen LogP contribution is -2.59. The smallest absolute Gasteiger partial charge is 0.0474 e. The van der Waals surface area contributed by atoms with Crippen LogP contribution in [0.3, 0.4) is 0 Å². The fourth-order valence-electron chi connectivity index (χ4n) is 4.32. The molecule has 0 spiro atoms. The Balaban J connectivity index is 1.56.